The van der Waals surface area contributed by atoms with Crippen LogP contribution >= 0.6 is 11.8 Å². The van der Waals surface area contributed by atoms with Gasteiger partial charge in [0, 0.05) is 7.05 Å². The van der Waals surface area contributed by atoms with Crippen LogP contribution in [0.2, 0.25) is 0 Å². The predicted octanol–water partition coefficient (Wildman–Crippen LogP) is 2.46. The normalized spacial score (nSPS) is 15.8. The van der Waals surface area contributed by atoms with Crippen molar-refractivity contribution in [1.29, 1.82) is 0 Å². The van der Waals surface area contributed by atoms with Gasteiger partial charge < -0.3 is 0 Å². The Balaban J connectivity index is 2.53. The largest absolute Gasteiger partial charge is 0.277 e. The maximum Gasteiger partial charge on any atom is 0.267 e. The Morgan fingerprint density at radius 2 is 1.72 bits per heavy atom. The number of rotatable bonds is 3. The number of carbonyl (C=O) groups is 2. The molecule has 0 saturated heterocycles. The lowest BCUT2D eigenvalue weighted by molar-refractivity contribution is -0.134. The van der Waals surface area contributed by atoms with Gasteiger partial charge in [-0.25, -0.2) is 0 Å². The maximum absolute atomic E-state index is 12.1. The summed E-state index contributed by atoms with van der Waals surface area (Å²) < 4.78 is 0. The monoisotopic (exact) mass is 261 g/mol. The third kappa shape index (κ3) is 2.08. The average Bonchev–Trinajstić information content (AvgIpc) is 2.57. The van der Waals surface area contributed by atoms with Gasteiger partial charge in [-0.1, -0.05) is 36.8 Å². The summed E-state index contributed by atoms with van der Waals surface area (Å²) in [6.45, 7) is 3.97. The van der Waals surface area contributed by atoms with E-state index in [1.807, 2.05) is 38.1 Å². The van der Waals surface area contributed by atoms with Crippen LogP contribution in [0.1, 0.15) is 18.1 Å². The number of amides is 2. The molecule has 0 aliphatic carbocycles. The predicted molar refractivity (Wildman–Crippen MR) is 74.0 cm³/mol. The molecule has 1 aliphatic rings. The van der Waals surface area contributed by atoms with Gasteiger partial charge in [0.25, 0.3) is 11.8 Å². The average molecular weight is 261 g/mol. The fraction of sp³-hybridized carbons (Fsp3) is 0.286. The molecule has 94 valence electrons. The van der Waals surface area contributed by atoms with E-state index in [4.69, 9.17) is 0 Å². The first-order valence-corrected chi connectivity index (χ1v) is 6.81. The van der Waals surface area contributed by atoms with Gasteiger partial charge >= 0.3 is 0 Å². The zero-order valence-corrected chi connectivity index (χ0v) is 11.5. The zero-order valence-electron chi connectivity index (χ0n) is 10.7. The smallest absolute Gasteiger partial charge is 0.267 e. The number of hydrogen-bond acceptors (Lipinski definition) is 3. The lowest BCUT2D eigenvalue weighted by Gasteiger charge is -2.06. The minimum Gasteiger partial charge on any atom is -0.277 e. The van der Waals surface area contributed by atoms with Crippen molar-refractivity contribution in [3.05, 3.63) is 40.3 Å². The van der Waals surface area contributed by atoms with Crippen molar-refractivity contribution in [2.45, 2.75) is 13.8 Å². The minimum absolute atomic E-state index is 0.192. The fourth-order valence-corrected chi connectivity index (χ4v) is 2.77. The first-order chi connectivity index (χ1) is 8.56. The lowest BCUT2D eigenvalue weighted by Crippen LogP contribution is -2.26. The summed E-state index contributed by atoms with van der Waals surface area (Å²) >= 11 is 1.43. The van der Waals surface area contributed by atoms with Crippen LogP contribution in [0, 0.1) is 6.92 Å². The van der Waals surface area contributed by atoms with Crippen molar-refractivity contribution in [3.8, 4) is 0 Å². The van der Waals surface area contributed by atoms with E-state index < -0.39 is 0 Å². The molecular weight excluding hydrogens is 246 g/mol. The molecule has 0 aromatic heterocycles. The van der Waals surface area contributed by atoms with E-state index in [9.17, 15) is 9.59 Å². The molecule has 0 radical (unpaired) electrons. The van der Waals surface area contributed by atoms with Crippen LogP contribution in [0.4, 0.5) is 0 Å². The summed E-state index contributed by atoms with van der Waals surface area (Å²) in [5.41, 5.74) is 2.49. The lowest BCUT2D eigenvalue weighted by atomic mass is 10.0. The summed E-state index contributed by atoms with van der Waals surface area (Å²) in [7, 11) is 1.53. The molecule has 3 nitrogen and oxygen atoms in total. The van der Waals surface area contributed by atoms with Gasteiger partial charge in [0.1, 0.15) is 0 Å². The Bertz CT molecular complexity index is 531. The highest BCUT2D eigenvalue weighted by atomic mass is 32.2. The molecule has 1 aliphatic heterocycles. The van der Waals surface area contributed by atoms with E-state index in [-0.39, 0.29) is 11.8 Å². The van der Waals surface area contributed by atoms with E-state index in [1.165, 1.54) is 23.7 Å². The molecule has 0 fully saturated rings. The number of benzene rings is 1. The maximum atomic E-state index is 12.1. The molecule has 1 aromatic carbocycles. The molecule has 2 rings (SSSR count). The summed E-state index contributed by atoms with van der Waals surface area (Å²) in [6, 6.07) is 7.69. The van der Waals surface area contributed by atoms with Crippen molar-refractivity contribution < 1.29 is 9.59 Å². The number of hydrogen-bond donors (Lipinski definition) is 0. The van der Waals surface area contributed by atoms with Crippen molar-refractivity contribution in [3.63, 3.8) is 0 Å². The SMILES string of the molecule is CCSC1=C(c2ccc(C)cc2)C(=O)N(C)C1=O. The standard InChI is InChI=1S/C14H15NO2S/c1-4-18-12-11(13(16)15(3)14(12)17)10-7-5-9(2)6-8-10/h5-8H,4H2,1-3H3. The zero-order chi connectivity index (χ0) is 13.3. The number of nitrogens with zero attached hydrogens (tertiary/aromatic N) is 1. The van der Waals surface area contributed by atoms with Gasteiger partial charge in [-0.2, -0.15) is 0 Å². The molecule has 0 saturated carbocycles. The molecule has 18 heavy (non-hydrogen) atoms. The fourth-order valence-electron chi connectivity index (χ4n) is 1.87. The second-order valence-electron chi connectivity index (χ2n) is 4.17. The van der Waals surface area contributed by atoms with Crippen LogP contribution in [-0.4, -0.2) is 29.5 Å². The molecule has 0 N–H and O–H groups in total. The van der Waals surface area contributed by atoms with Crippen LogP contribution in [-0.2, 0) is 9.59 Å². The first-order valence-electron chi connectivity index (χ1n) is 5.82. The van der Waals surface area contributed by atoms with Crippen molar-refractivity contribution in [1.82, 2.24) is 4.90 Å². The molecule has 0 spiro atoms. The second kappa shape index (κ2) is 4.98. The van der Waals surface area contributed by atoms with Crippen LogP contribution in [0.5, 0.6) is 0 Å². The van der Waals surface area contributed by atoms with Crippen LogP contribution in [0.15, 0.2) is 29.2 Å². The van der Waals surface area contributed by atoms with E-state index in [0.29, 0.717) is 10.5 Å². The van der Waals surface area contributed by atoms with E-state index >= 15 is 0 Å². The van der Waals surface area contributed by atoms with Crippen LogP contribution in [0.3, 0.4) is 0 Å². The van der Waals surface area contributed by atoms with Crippen molar-refractivity contribution >= 4 is 29.1 Å². The number of imide groups is 1. The Kier molecular flexibility index (Phi) is 3.57. The van der Waals surface area contributed by atoms with E-state index in [0.717, 1.165) is 16.9 Å². The highest BCUT2D eigenvalue weighted by Gasteiger charge is 2.36. The van der Waals surface area contributed by atoms with E-state index in [1.54, 1.807) is 0 Å². The number of aryl methyl sites for hydroxylation is 1. The Labute approximate surface area is 111 Å². The molecule has 0 unspecified atom stereocenters. The summed E-state index contributed by atoms with van der Waals surface area (Å²) in [6.07, 6.45) is 0. The topological polar surface area (TPSA) is 37.4 Å². The molecule has 2 amide bonds. The molecule has 4 heteroatoms. The summed E-state index contributed by atoms with van der Waals surface area (Å²) in [5.74, 6) is 0.375. The van der Waals surface area contributed by atoms with Gasteiger partial charge in [-0.05, 0) is 18.2 Å². The first kappa shape index (κ1) is 12.9. The molecule has 0 atom stereocenters. The summed E-state index contributed by atoms with van der Waals surface area (Å²) in [4.78, 5) is 25.9. The molecular formula is C14H15NO2S. The van der Waals surface area contributed by atoms with Gasteiger partial charge in [0.15, 0.2) is 0 Å². The van der Waals surface area contributed by atoms with Gasteiger partial charge in [-0.3, -0.25) is 14.5 Å². The van der Waals surface area contributed by atoms with Gasteiger partial charge in [0.2, 0.25) is 0 Å². The second-order valence-corrected chi connectivity index (χ2v) is 5.45. The third-order valence-corrected chi connectivity index (χ3v) is 3.83. The Hall–Kier alpha value is -1.55. The number of carbonyl (C=O) groups excluding carboxylic acids is 2. The Morgan fingerprint density at radius 1 is 1.11 bits per heavy atom. The van der Waals surface area contributed by atoms with Crippen molar-refractivity contribution in [2.75, 3.05) is 12.8 Å². The van der Waals surface area contributed by atoms with Gasteiger partial charge in [-0.15, -0.1) is 11.8 Å². The number of thioether (sulfide) groups is 1. The third-order valence-electron chi connectivity index (χ3n) is 2.87. The van der Waals surface area contributed by atoms with Crippen molar-refractivity contribution in [2.24, 2.45) is 0 Å². The molecule has 1 heterocycles. The molecule has 1 aromatic rings. The number of likely N-dealkylation sites (N-methyl/N-ethyl adjacent to an activating group) is 1. The minimum atomic E-state index is -0.209. The molecule has 0 bridgehead atoms. The van der Waals surface area contributed by atoms with Crippen LogP contribution < -0.4 is 0 Å². The quantitative estimate of drug-likeness (QED) is 0.784. The highest BCUT2D eigenvalue weighted by Crippen LogP contribution is 2.35. The highest BCUT2D eigenvalue weighted by molar-refractivity contribution is 8.04. The summed E-state index contributed by atoms with van der Waals surface area (Å²) in [5, 5.41) is 0. The van der Waals surface area contributed by atoms with Gasteiger partial charge in [0.05, 0.1) is 10.5 Å². The Morgan fingerprint density at radius 3 is 2.28 bits per heavy atom. The van der Waals surface area contributed by atoms with Crippen LogP contribution in [0.25, 0.3) is 5.57 Å². The van der Waals surface area contributed by atoms with E-state index in [2.05, 4.69) is 0 Å².